The number of rotatable bonds is 7. The first-order chi connectivity index (χ1) is 16.0. The van der Waals surface area contributed by atoms with Crippen LogP contribution in [0.5, 0.6) is 0 Å². The quantitative estimate of drug-likeness (QED) is 0.467. The van der Waals surface area contributed by atoms with Crippen LogP contribution < -0.4 is 10.6 Å². The van der Waals surface area contributed by atoms with Gasteiger partial charge in [0.05, 0.1) is 30.8 Å². The number of nitrogens with zero attached hydrogens (tertiary/aromatic N) is 3. The molecule has 1 atom stereocenters. The van der Waals surface area contributed by atoms with Crippen molar-refractivity contribution in [1.29, 1.82) is 0 Å². The van der Waals surface area contributed by atoms with Gasteiger partial charge in [0.1, 0.15) is 0 Å². The summed E-state index contributed by atoms with van der Waals surface area (Å²) in [6.07, 6.45) is -7.50. The lowest BCUT2D eigenvalue weighted by Gasteiger charge is -2.15. The molecule has 0 bridgehead atoms. The second-order valence-corrected chi connectivity index (χ2v) is 8.16. The Hall–Kier alpha value is -3.31. The molecule has 0 fully saturated rings. The van der Waals surface area contributed by atoms with Gasteiger partial charge in [-0.2, -0.15) is 18.3 Å². The Morgan fingerprint density at radius 1 is 1.18 bits per heavy atom. The van der Waals surface area contributed by atoms with E-state index in [2.05, 4.69) is 10.4 Å². The summed E-state index contributed by atoms with van der Waals surface area (Å²) in [5.74, 6) is -0.199. The van der Waals surface area contributed by atoms with Gasteiger partial charge in [-0.1, -0.05) is 35.9 Å². The first kappa shape index (κ1) is 25.3. The van der Waals surface area contributed by atoms with Crippen LogP contribution in [0.15, 0.2) is 42.5 Å². The number of carbonyl (C=O) groups excluding carboxylic acids is 2. The maximum Gasteiger partial charge on any atom is 0.416 e. The van der Waals surface area contributed by atoms with E-state index in [1.54, 1.807) is 49.1 Å². The predicted molar refractivity (Wildman–Crippen MR) is 121 cm³/mol. The summed E-state index contributed by atoms with van der Waals surface area (Å²) < 4.78 is 38.9. The van der Waals surface area contributed by atoms with Gasteiger partial charge in [-0.15, -0.1) is 0 Å². The van der Waals surface area contributed by atoms with Gasteiger partial charge in [-0.25, -0.2) is 4.79 Å². The Bertz CT molecular complexity index is 1200. The maximum absolute atomic E-state index is 12.4. The van der Waals surface area contributed by atoms with Crippen molar-refractivity contribution in [2.45, 2.75) is 25.4 Å². The number of urea groups is 1. The number of hydrogen-bond donors (Lipinski definition) is 3. The van der Waals surface area contributed by atoms with Crippen LogP contribution in [-0.4, -0.2) is 64.6 Å². The monoisotopic (exact) mass is 497 g/mol. The fraction of sp³-hybridized carbons (Fsp3) is 0.318. The maximum atomic E-state index is 12.4. The van der Waals surface area contributed by atoms with E-state index < -0.39 is 24.9 Å². The number of amides is 3. The normalized spacial score (nSPS) is 12.4. The van der Waals surface area contributed by atoms with Crippen molar-refractivity contribution >= 4 is 34.4 Å². The lowest BCUT2D eigenvalue weighted by molar-refractivity contribution is -0.201. The Morgan fingerprint density at radius 3 is 2.53 bits per heavy atom. The number of aliphatic hydroxyl groups is 1. The molecule has 1 aromatic heterocycles. The van der Waals surface area contributed by atoms with Crippen LogP contribution in [0.1, 0.15) is 21.6 Å². The first-order valence-corrected chi connectivity index (χ1v) is 10.6. The van der Waals surface area contributed by atoms with E-state index in [1.165, 1.54) is 4.90 Å². The van der Waals surface area contributed by atoms with Crippen LogP contribution in [0.2, 0.25) is 5.02 Å². The molecule has 2 aromatic carbocycles. The van der Waals surface area contributed by atoms with Crippen molar-refractivity contribution in [1.82, 2.24) is 25.3 Å². The molecular formula is C22H23ClF3N5O3. The van der Waals surface area contributed by atoms with Crippen molar-refractivity contribution in [3.63, 3.8) is 0 Å². The van der Waals surface area contributed by atoms with E-state index in [0.29, 0.717) is 33.7 Å². The molecule has 8 nitrogen and oxygen atoms in total. The summed E-state index contributed by atoms with van der Waals surface area (Å²) in [6.45, 7) is -0.784. The lowest BCUT2D eigenvalue weighted by atomic mass is 10.1. The molecule has 1 heterocycles. The highest BCUT2D eigenvalue weighted by Gasteiger charge is 2.38. The largest absolute Gasteiger partial charge is 0.416 e. The van der Waals surface area contributed by atoms with E-state index in [9.17, 15) is 22.8 Å². The zero-order valence-electron chi connectivity index (χ0n) is 18.4. The molecule has 0 spiro atoms. The van der Waals surface area contributed by atoms with Gasteiger partial charge in [0.2, 0.25) is 0 Å². The Labute approximate surface area is 198 Å². The van der Waals surface area contributed by atoms with Gasteiger partial charge in [-0.05, 0) is 23.8 Å². The summed E-state index contributed by atoms with van der Waals surface area (Å²) in [6, 6.07) is 11.3. The minimum Gasteiger partial charge on any atom is -0.382 e. The topological polar surface area (TPSA) is 99.5 Å². The minimum atomic E-state index is -4.83. The third-order valence-corrected chi connectivity index (χ3v) is 5.38. The van der Waals surface area contributed by atoms with Crippen LogP contribution >= 0.6 is 11.6 Å². The smallest absolute Gasteiger partial charge is 0.382 e. The standard InChI is InChI=1S/C22H23ClF3N5O3/c1-30(2)20(33)13-7-8-15-17(10-27-21(34)28-11-19(32)22(24,25)26)29-31(18(15)9-13)12-14-5-3-4-6-16(14)23/h3-9,19,32H,10-12H2,1-2H3,(H2,27,28,34)/t19-/m0/s1. The Balaban J connectivity index is 1.85. The predicted octanol–water partition coefficient (Wildman–Crippen LogP) is 3.16. The van der Waals surface area contributed by atoms with Crippen molar-refractivity contribution in [3.05, 3.63) is 64.3 Å². The third kappa shape index (κ3) is 5.97. The molecule has 0 saturated heterocycles. The highest BCUT2D eigenvalue weighted by atomic mass is 35.5. The number of halogens is 4. The average Bonchev–Trinajstić information content (AvgIpc) is 3.12. The fourth-order valence-electron chi connectivity index (χ4n) is 3.20. The molecule has 3 amide bonds. The molecule has 34 heavy (non-hydrogen) atoms. The molecule has 3 N–H and O–H groups in total. The molecule has 182 valence electrons. The second kappa shape index (κ2) is 10.3. The molecule has 12 heteroatoms. The van der Waals surface area contributed by atoms with Crippen LogP contribution in [0, 0.1) is 0 Å². The van der Waals surface area contributed by atoms with Crippen LogP contribution in [0.25, 0.3) is 10.9 Å². The van der Waals surface area contributed by atoms with Crippen molar-refractivity contribution in [2.24, 2.45) is 0 Å². The van der Waals surface area contributed by atoms with Crippen molar-refractivity contribution < 1.29 is 27.9 Å². The molecule has 0 aliphatic rings. The number of carbonyl (C=O) groups is 2. The first-order valence-electron chi connectivity index (χ1n) is 10.2. The Morgan fingerprint density at radius 2 is 1.88 bits per heavy atom. The van der Waals surface area contributed by atoms with Gasteiger partial charge < -0.3 is 20.6 Å². The lowest BCUT2D eigenvalue weighted by Crippen LogP contribution is -2.44. The molecule has 0 aliphatic carbocycles. The number of nitrogens with one attached hydrogen (secondary N) is 2. The van der Waals surface area contributed by atoms with Crippen LogP contribution in [0.4, 0.5) is 18.0 Å². The second-order valence-electron chi connectivity index (χ2n) is 7.75. The van der Waals surface area contributed by atoms with Crippen molar-refractivity contribution in [3.8, 4) is 0 Å². The molecule has 0 unspecified atom stereocenters. The van der Waals surface area contributed by atoms with Gasteiger partial charge in [0.15, 0.2) is 6.10 Å². The number of fused-ring (bicyclic) bond motifs is 1. The minimum absolute atomic E-state index is 0.0963. The van der Waals surface area contributed by atoms with Gasteiger partial charge in [0, 0.05) is 30.1 Å². The van der Waals surface area contributed by atoms with Crippen LogP contribution in [0.3, 0.4) is 0 Å². The Kier molecular flexibility index (Phi) is 7.68. The van der Waals surface area contributed by atoms with Gasteiger partial charge in [-0.3, -0.25) is 9.48 Å². The summed E-state index contributed by atoms with van der Waals surface area (Å²) in [7, 11) is 3.27. The number of alkyl halides is 3. The van der Waals surface area contributed by atoms with E-state index in [0.717, 1.165) is 5.56 Å². The third-order valence-electron chi connectivity index (χ3n) is 5.01. The highest BCUT2D eigenvalue weighted by molar-refractivity contribution is 6.31. The molecular weight excluding hydrogens is 475 g/mol. The molecule has 0 aliphatic heterocycles. The molecule has 3 rings (SSSR count). The average molecular weight is 498 g/mol. The summed E-state index contributed by atoms with van der Waals surface area (Å²) >= 11 is 6.28. The van der Waals surface area contributed by atoms with Crippen LogP contribution in [-0.2, 0) is 13.1 Å². The van der Waals surface area contributed by atoms with Crippen molar-refractivity contribution in [2.75, 3.05) is 20.6 Å². The van der Waals surface area contributed by atoms with E-state index in [-0.39, 0.29) is 12.5 Å². The zero-order valence-corrected chi connectivity index (χ0v) is 19.1. The number of hydrogen-bond acceptors (Lipinski definition) is 4. The van der Waals surface area contributed by atoms with E-state index >= 15 is 0 Å². The summed E-state index contributed by atoms with van der Waals surface area (Å²) in [5, 5.41) is 19.1. The van der Waals surface area contributed by atoms with Gasteiger partial charge in [0.25, 0.3) is 5.91 Å². The van der Waals surface area contributed by atoms with Gasteiger partial charge >= 0.3 is 12.2 Å². The SMILES string of the molecule is CN(C)C(=O)c1ccc2c(CNC(=O)NC[C@H](O)C(F)(F)F)nn(Cc3ccccc3Cl)c2c1. The van der Waals surface area contributed by atoms with E-state index in [4.69, 9.17) is 16.7 Å². The number of aromatic nitrogens is 2. The fourth-order valence-corrected chi connectivity index (χ4v) is 3.40. The molecule has 0 radical (unpaired) electrons. The molecule has 3 aromatic rings. The summed E-state index contributed by atoms with van der Waals surface area (Å²) in [4.78, 5) is 25.8. The van der Waals surface area contributed by atoms with E-state index in [1.807, 2.05) is 17.4 Å². The number of aliphatic hydroxyl groups excluding tert-OH is 1. The highest BCUT2D eigenvalue weighted by Crippen LogP contribution is 2.24. The summed E-state index contributed by atoms with van der Waals surface area (Å²) in [5.41, 5.74) is 2.29. The zero-order chi connectivity index (χ0) is 25.0. The number of benzene rings is 2. The molecule has 0 saturated carbocycles.